The van der Waals surface area contributed by atoms with Crippen molar-refractivity contribution in [3.8, 4) is 0 Å². The number of aromatic nitrogens is 2. The van der Waals surface area contributed by atoms with Gasteiger partial charge in [0, 0.05) is 19.4 Å². The molecule has 0 spiro atoms. The number of amides is 2. The number of carbonyl (C=O) groups excluding carboxylic acids is 2. The fourth-order valence-electron chi connectivity index (χ4n) is 3.68. The molecule has 1 aromatic heterocycles. The molecule has 6 nitrogen and oxygen atoms in total. The third kappa shape index (κ3) is 4.83. The molecule has 0 saturated heterocycles. The molecule has 2 amide bonds. The van der Waals surface area contributed by atoms with Gasteiger partial charge < -0.3 is 15.2 Å². The standard InChI is InChI=1S/C25H23FN4O2/c1-30-14-13-27-25(30)24(18-9-11-20(26)12-10-18)29-23(32)16-28-22(31)15-19-7-4-6-17-5-2-3-8-21(17)19/h2-14,24H,15-16H2,1H3,(H,28,31)(H,29,32). The molecule has 0 radical (unpaired) electrons. The molecule has 162 valence electrons. The minimum Gasteiger partial charge on any atom is -0.347 e. The Hall–Kier alpha value is -4.00. The van der Waals surface area contributed by atoms with Crippen LogP contribution in [0.1, 0.15) is 23.0 Å². The molecule has 0 fully saturated rings. The van der Waals surface area contributed by atoms with E-state index in [0.29, 0.717) is 11.4 Å². The second kappa shape index (κ2) is 9.43. The molecular formula is C25H23FN4O2. The molecule has 1 heterocycles. The van der Waals surface area contributed by atoms with E-state index < -0.39 is 6.04 Å². The van der Waals surface area contributed by atoms with Gasteiger partial charge in [-0.25, -0.2) is 9.37 Å². The van der Waals surface area contributed by atoms with E-state index in [2.05, 4.69) is 15.6 Å². The summed E-state index contributed by atoms with van der Waals surface area (Å²) in [6.07, 6.45) is 3.57. The van der Waals surface area contributed by atoms with Gasteiger partial charge in [0.2, 0.25) is 11.8 Å². The molecule has 1 atom stereocenters. The van der Waals surface area contributed by atoms with E-state index in [-0.39, 0.29) is 30.6 Å². The van der Waals surface area contributed by atoms with Crippen molar-refractivity contribution in [2.75, 3.05) is 6.54 Å². The lowest BCUT2D eigenvalue weighted by atomic mass is 10.0. The Morgan fingerprint density at radius 1 is 1.00 bits per heavy atom. The van der Waals surface area contributed by atoms with Crippen molar-refractivity contribution >= 4 is 22.6 Å². The van der Waals surface area contributed by atoms with E-state index in [0.717, 1.165) is 16.3 Å². The van der Waals surface area contributed by atoms with Gasteiger partial charge in [-0.1, -0.05) is 54.6 Å². The van der Waals surface area contributed by atoms with Crippen LogP contribution >= 0.6 is 0 Å². The number of rotatable bonds is 7. The van der Waals surface area contributed by atoms with Gasteiger partial charge in [-0.3, -0.25) is 9.59 Å². The summed E-state index contributed by atoms with van der Waals surface area (Å²) in [7, 11) is 1.82. The smallest absolute Gasteiger partial charge is 0.240 e. The number of hydrogen-bond acceptors (Lipinski definition) is 3. The first kappa shape index (κ1) is 21.2. The monoisotopic (exact) mass is 430 g/mol. The average molecular weight is 430 g/mol. The number of aryl methyl sites for hydroxylation is 1. The molecular weight excluding hydrogens is 407 g/mol. The van der Waals surface area contributed by atoms with Crippen LogP contribution in [0.5, 0.6) is 0 Å². The van der Waals surface area contributed by atoms with Crippen molar-refractivity contribution in [3.05, 3.63) is 102 Å². The van der Waals surface area contributed by atoms with Crippen molar-refractivity contribution < 1.29 is 14.0 Å². The molecule has 0 saturated carbocycles. The summed E-state index contributed by atoms with van der Waals surface area (Å²) >= 11 is 0. The SMILES string of the molecule is Cn1ccnc1C(NC(=O)CNC(=O)Cc1cccc2ccccc12)c1ccc(F)cc1. The fraction of sp³-hybridized carbons (Fsp3) is 0.160. The third-order valence-corrected chi connectivity index (χ3v) is 5.30. The van der Waals surface area contributed by atoms with Crippen LogP contribution in [0.25, 0.3) is 10.8 Å². The number of nitrogens with zero attached hydrogens (tertiary/aromatic N) is 2. The van der Waals surface area contributed by atoms with Gasteiger partial charge in [0.25, 0.3) is 0 Å². The minimum atomic E-state index is -0.571. The summed E-state index contributed by atoms with van der Waals surface area (Å²) in [6, 6.07) is 19.0. The highest BCUT2D eigenvalue weighted by Crippen LogP contribution is 2.21. The summed E-state index contributed by atoms with van der Waals surface area (Å²) in [5.41, 5.74) is 1.59. The van der Waals surface area contributed by atoms with Crippen LogP contribution in [-0.2, 0) is 23.1 Å². The van der Waals surface area contributed by atoms with Gasteiger partial charge in [0.1, 0.15) is 17.7 Å². The molecule has 0 aliphatic carbocycles. The number of carbonyl (C=O) groups is 2. The first-order valence-electron chi connectivity index (χ1n) is 10.3. The zero-order valence-corrected chi connectivity index (χ0v) is 17.6. The Balaban J connectivity index is 1.41. The summed E-state index contributed by atoms with van der Waals surface area (Å²) < 4.78 is 15.1. The van der Waals surface area contributed by atoms with Crippen LogP contribution in [0, 0.1) is 5.82 Å². The maximum atomic E-state index is 13.4. The number of nitrogens with one attached hydrogen (secondary N) is 2. The second-order valence-electron chi connectivity index (χ2n) is 7.54. The summed E-state index contributed by atoms with van der Waals surface area (Å²) in [6.45, 7) is -0.175. The minimum absolute atomic E-state index is 0.175. The van der Waals surface area contributed by atoms with Gasteiger partial charge in [-0.2, -0.15) is 0 Å². The van der Waals surface area contributed by atoms with E-state index in [1.54, 1.807) is 29.1 Å². The Bertz CT molecular complexity index is 1250. The van der Waals surface area contributed by atoms with Crippen molar-refractivity contribution in [1.82, 2.24) is 20.2 Å². The molecule has 0 aliphatic heterocycles. The highest BCUT2D eigenvalue weighted by molar-refractivity contribution is 5.91. The molecule has 7 heteroatoms. The topological polar surface area (TPSA) is 76.0 Å². The Morgan fingerprint density at radius 2 is 1.75 bits per heavy atom. The molecule has 4 aromatic rings. The maximum Gasteiger partial charge on any atom is 0.240 e. The maximum absolute atomic E-state index is 13.4. The van der Waals surface area contributed by atoms with Gasteiger partial charge in [0.15, 0.2) is 0 Å². The summed E-state index contributed by atoms with van der Waals surface area (Å²) in [5, 5.41) is 7.65. The lowest BCUT2D eigenvalue weighted by molar-refractivity contribution is -0.126. The van der Waals surface area contributed by atoms with Crippen molar-refractivity contribution in [1.29, 1.82) is 0 Å². The van der Waals surface area contributed by atoms with Crippen molar-refractivity contribution in [3.63, 3.8) is 0 Å². The quantitative estimate of drug-likeness (QED) is 0.473. The number of halogens is 1. The predicted molar refractivity (Wildman–Crippen MR) is 120 cm³/mol. The Labute approximate surface area is 185 Å². The lowest BCUT2D eigenvalue weighted by Gasteiger charge is -2.19. The van der Waals surface area contributed by atoms with Crippen LogP contribution in [-0.4, -0.2) is 27.9 Å². The molecule has 0 aliphatic rings. The zero-order chi connectivity index (χ0) is 22.5. The Morgan fingerprint density at radius 3 is 2.50 bits per heavy atom. The lowest BCUT2D eigenvalue weighted by Crippen LogP contribution is -2.40. The number of imidazole rings is 1. The van der Waals surface area contributed by atoms with E-state index in [4.69, 9.17) is 0 Å². The summed E-state index contributed by atoms with van der Waals surface area (Å²) in [5.74, 6) is -0.369. The van der Waals surface area contributed by atoms with Crippen LogP contribution in [0.3, 0.4) is 0 Å². The van der Waals surface area contributed by atoms with Crippen LogP contribution in [0.15, 0.2) is 79.1 Å². The summed E-state index contributed by atoms with van der Waals surface area (Å²) in [4.78, 5) is 29.4. The number of hydrogen-bond donors (Lipinski definition) is 2. The second-order valence-corrected chi connectivity index (χ2v) is 7.54. The molecule has 4 rings (SSSR count). The molecule has 0 bridgehead atoms. The highest BCUT2D eigenvalue weighted by atomic mass is 19.1. The molecule has 3 aromatic carbocycles. The van der Waals surface area contributed by atoms with Gasteiger partial charge in [-0.05, 0) is 34.0 Å². The number of benzene rings is 3. The largest absolute Gasteiger partial charge is 0.347 e. The number of fused-ring (bicyclic) bond motifs is 1. The van der Waals surface area contributed by atoms with Crippen LogP contribution in [0.4, 0.5) is 4.39 Å². The van der Waals surface area contributed by atoms with Crippen molar-refractivity contribution in [2.24, 2.45) is 7.05 Å². The third-order valence-electron chi connectivity index (χ3n) is 5.30. The van der Waals surface area contributed by atoms with E-state index in [9.17, 15) is 14.0 Å². The predicted octanol–water partition coefficient (Wildman–Crippen LogP) is 3.28. The van der Waals surface area contributed by atoms with Gasteiger partial charge >= 0.3 is 0 Å². The fourth-order valence-corrected chi connectivity index (χ4v) is 3.68. The van der Waals surface area contributed by atoms with E-state index in [1.807, 2.05) is 49.5 Å². The zero-order valence-electron chi connectivity index (χ0n) is 17.6. The first-order chi connectivity index (χ1) is 15.5. The van der Waals surface area contributed by atoms with Gasteiger partial charge in [-0.15, -0.1) is 0 Å². The van der Waals surface area contributed by atoms with Gasteiger partial charge in [0.05, 0.1) is 13.0 Å². The highest BCUT2D eigenvalue weighted by Gasteiger charge is 2.21. The molecule has 2 N–H and O–H groups in total. The molecule has 1 unspecified atom stereocenters. The normalized spacial score (nSPS) is 11.8. The average Bonchev–Trinajstić information content (AvgIpc) is 3.22. The first-order valence-corrected chi connectivity index (χ1v) is 10.3. The Kier molecular flexibility index (Phi) is 6.26. The molecule has 32 heavy (non-hydrogen) atoms. The van der Waals surface area contributed by atoms with Crippen LogP contribution < -0.4 is 10.6 Å². The van der Waals surface area contributed by atoms with Crippen molar-refractivity contribution in [2.45, 2.75) is 12.5 Å². The van der Waals surface area contributed by atoms with E-state index >= 15 is 0 Å². The van der Waals surface area contributed by atoms with E-state index in [1.165, 1.54) is 12.1 Å². The van der Waals surface area contributed by atoms with Crippen LogP contribution in [0.2, 0.25) is 0 Å².